The molecule has 1 aromatic carbocycles. The van der Waals surface area contributed by atoms with Gasteiger partial charge in [-0.1, -0.05) is 0 Å². The van der Waals surface area contributed by atoms with E-state index >= 15 is 0 Å². The van der Waals surface area contributed by atoms with E-state index in [2.05, 4.69) is 0 Å². The molecule has 0 aliphatic carbocycles. The average Bonchev–Trinajstić information content (AvgIpc) is 2.85. The number of benzene rings is 1. The molecule has 0 saturated carbocycles. The van der Waals surface area contributed by atoms with Crippen LogP contribution >= 0.6 is 0 Å². The Balaban J connectivity index is 2.36. The maximum Gasteiger partial charge on any atom is 0.416 e. The first-order valence-electron chi connectivity index (χ1n) is 6.29. The zero-order valence-electron chi connectivity index (χ0n) is 10.8. The molecule has 7 heteroatoms. The summed E-state index contributed by atoms with van der Waals surface area (Å²) in [5.74, 6) is -0.569. The zero-order valence-corrected chi connectivity index (χ0v) is 10.8. The van der Waals surface area contributed by atoms with Crippen molar-refractivity contribution >= 4 is 11.6 Å². The average molecular weight is 287 g/mol. The molecule has 20 heavy (non-hydrogen) atoms. The highest BCUT2D eigenvalue weighted by Crippen LogP contribution is 2.34. The highest BCUT2D eigenvalue weighted by Gasteiger charge is 2.33. The second-order valence-electron chi connectivity index (χ2n) is 4.93. The van der Waals surface area contributed by atoms with Crippen LogP contribution in [0.4, 0.5) is 18.9 Å². The summed E-state index contributed by atoms with van der Waals surface area (Å²) in [6.07, 6.45) is -3.64. The molecule has 1 unspecified atom stereocenters. The molecule has 1 aromatic rings. The standard InChI is InChI=1S/C13H16F3N3O/c14-13(15,16)9-1-2-11(10(5-9)12(18)20)19-4-3-8(6-17)7-19/h1-2,5,8H,3-4,6-7,17H2,(H2,18,20). The fraction of sp³-hybridized carbons (Fsp3) is 0.462. The lowest BCUT2D eigenvalue weighted by molar-refractivity contribution is -0.137. The number of carbonyl (C=O) groups excluding carboxylic acids is 1. The number of amides is 1. The Bertz CT molecular complexity index is 516. The number of anilines is 1. The lowest BCUT2D eigenvalue weighted by Gasteiger charge is -2.22. The van der Waals surface area contributed by atoms with Gasteiger partial charge in [-0.15, -0.1) is 0 Å². The Labute approximate surface area is 114 Å². The van der Waals surface area contributed by atoms with Crippen molar-refractivity contribution in [1.29, 1.82) is 0 Å². The van der Waals surface area contributed by atoms with Crippen LogP contribution in [0.3, 0.4) is 0 Å². The van der Waals surface area contributed by atoms with E-state index in [1.807, 2.05) is 4.90 Å². The van der Waals surface area contributed by atoms with E-state index in [1.165, 1.54) is 6.07 Å². The number of nitrogens with two attached hydrogens (primary N) is 2. The maximum atomic E-state index is 12.7. The SMILES string of the molecule is NCC1CCN(c2ccc(C(F)(F)F)cc2C(N)=O)C1. The molecule has 2 rings (SSSR count). The lowest BCUT2D eigenvalue weighted by atomic mass is 10.1. The van der Waals surface area contributed by atoms with Crippen molar-refractivity contribution in [3.63, 3.8) is 0 Å². The molecule has 1 fully saturated rings. The molecule has 4 nitrogen and oxygen atoms in total. The van der Waals surface area contributed by atoms with Crippen LogP contribution < -0.4 is 16.4 Å². The maximum absolute atomic E-state index is 12.7. The van der Waals surface area contributed by atoms with E-state index in [0.717, 1.165) is 18.6 Å². The second kappa shape index (κ2) is 5.32. The van der Waals surface area contributed by atoms with Gasteiger partial charge in [-0.2, -0.15) is 13.2 Å². The minimum Gasteiger partial charge on any atom is -0.371 e. The Kier molecular flexibility index (Phi) is 3.89. The highest BCUT2D eigenvalue weighted by molar-refractivity contribution is 5.99. The molecular weight excluding hydrogens is 271 g/mol. The van der Waals surface area contributed by atoms with Crippen LogP contribution in [0.15, 0.2) is 18.2 Å². The predicted octanol–water partition coefficient (Wildman–Crippen LogP) is 1.59. The minimum atomic E-state index is -4.49. The van der Waals surface area contributed by atoms with Crippen LogP contribution in [-0.2, 0) is 6.18 Å². The second-order valence-corrected chi connectivity index (χ2v) is 4.93. The van der Waals surface area contributed by atoms with Crippen molar-refractivity contribution in [1.82, 2.24) is 0 Å². The van der Waals surface area contributed by atoms with Crippen molar-refractivity contribution < 1.29 is 18.0 Å². The van der Waals surface area contributed by atoms with E-state index in [-0.39, 0.29) is 11.5 Å². The lowest BCUT2D eigenvalue weighted by Crippen LogP contribution is -2.26. The fourth-order valence-electron chi connectivity index (χ4n) is 2.43. The van der Waals surface area contributed by atoms with Gasteiger partial charge in [0.15, 0.2) is 0 Å². The van der Waals surface area contributed by atoms with Crippen LogP contribution in [0.1, 0.15) is 22.3 Å². The molecule has 0 radical (unpaired) electrons. The third-order valence-corrected chi connectivity index (χ3v) is 3.55. The summed E-state index contributed by atoms with van der Waals surface area (Å²) in [5.41, 5.74) is 10.3. The molecule has 1 saturated heterocycles. The third kappa shape index (κ3) is 2.87. The summed E-state index contributed by atoms with van der Waals surface area (Å²) in [6, 6.07) is 3.09. The van der Waals surface area contributed by atoms with Gasteiger partial charge in [0.25, 0.3) is 5.91 Å². The predicted molar refractivity (Wildman–Crippen MR) is 69.3 cm³/mol. The Morgan fingerprint density at radius 3 is 2.60 bits per heavy atom. The summed E-state index contributed by atoms with van der Waals surface area (Å²) < 4.78 is 38.0. The molecule has 1 aliphatic rings. The van der Waals surface area contributed by atoms with Crippen molar-refractivity contribution in [2.45, 2.75) is 12.6 Å². The zero-order chi connectivity index (χ0) is 14.9. The number of nitrogens with zero attached hydrogens (tertiary/aromatic N) is 1. The van der Waals surface area contributed by atoms with Crippen molar-refractivity contribution in [3.8, 4) is 0 Å². The first-order chi connectivity index (χ1) is 9.32. The van der Waals surface area contributed by atoms with E-state index in [4.69, 9.17) is 11.5 Å². The molecule has 1 atom stereocenters. The van der Waals surface area contributed by atoms with Gasteiger partial charge in [0.2, 0.25) is 0 Å². The van der Waals surface area contributed by atoms with Crippen LogP contribution in [0.5, 0.6) is 0 Å². The van der Waals surface area contributed by atoms with E-state index in [1.54, 1.807) is 0 Å². The number of alkyl halides is 3. The fourth-order valence-corrected chi connectivity index (χ4v) is 2.43. The van der Waals surface area contributed by atoms with Crippen molar-refractivity contribution in [2.75, 3.05) is 24.5 Å². The molecule has 1 amide bonds. The van der Waals surface area contributed by atoms with E-state index < -0.39 is 17.6 Å². The van der Waals surface area contributed by atoms with Gasteiger partial charge >= 0.3 is 6.18 Å². The number of primary amides is 1. The topological polar surface area (TPSA) is 72.3 Å². The first-order valence-corrected chi connectivity index (χ1v) is 6.29. The summed E-state index contributed by atoms with van der Waals surface area (Å²) in [5, 5.41) is 0. The smallest absolute Gasteiger partial charge is 0.371 e. The molecule has 1 aliphatic heterocycles. The summed E-state index contributed by atoms with van der Waals surface area (Å²) in [4.78, 5) is 13.3. The summed E-state index contributed by atoms with van der Waals surface area (Å²) in [7, 11) is 0. The Hall–Kier alpha value is -1.76. The number of hydrogen-bond donors (Lipinski definition) is 2. The third-order valence-electron chi connectivity index (χ3n) is 3.55. The number of rotatable bonds is 3. The number of carbonyl (C=O) groups is 1. The summed E-state index contributed by atoms with van der Waals surface area (Å²) in [6.45, 7) is 1.80. The van der Waals surface area contributed by atoms with Gasteiger partial charge in [0.1, 0.15) is 0 Å². The minimum absolute atomic E-state index is 0.0995. The van der Waals surface area contributed by atoms with Crippen LogP contribution in [-0.4, -0.2) is 25.5 Å². The van der Waals surface area contributed by atoms with Gasteiger partial charge in [-0.05, 0) is 37.1 Å². The molecule has 0 bridgehead atoms. The monoisotopic (exact) mass is 287 g/mol. The molecule has 0 aromatic heterocycles. The molecule has 4 N–H and O–H groups in total. The summed E-state index contributed by atoms with van der Waals surface area (Å²) >= 11 is 0. The van der Waals surface area contributed by atoms with Crippen LogP contribution in [0.2, 0.25) is 0 Å². The van der Waals surface area contributed by atoms with Gasteiger partial charge < -0.3 is 16.4 Å². The normalized spacial score (nSPS) is 19.4. The van der Waals surface area contributed by atoms with E-state index in [9.17, 15) is 18.0 Å². The molecule has 0 spiro atoms. The van der Waals surface area contributed by atoms with Crippen LogP contribution in [0.25, 0.3) is 0 Å². The largest absolute Gasteiger partial charge is 0.416 e. The van der Waals surface area contributed by atoms with Gasteiger partial charge in [0.05, 0.1) is 11.1 Å². The van der Waals surface area contributed by atoms with Crippen molar-refractivity contribution in [2.24, 2.45) is 17.4 Å². The van der Waals surface area contributed by atoms with Crippen LogP contribution in [0, 0.1) is 5.92 Å². The molecular formula is C13H16F3N3O. The van der Waals surface area contributed by atoms with Gasteiger partial charge in [0, 0.05) is 18.8 Å². The van der Waals surface area contributed by atoms with Crippen molar-refractivity contribution in [3.05, 3.63) is 29.3 Å². The Morgan fingerprint density at radius 2 is 2.10 bits per heavy atom. The Morgan fingerprint density at radius 1 is 1.40 bits per heavy atom. The quantitative estimate of drug-likeness (QED) is 0.886. The molecule has 1 heterocycles. The molecule has 110 valence electrons. The number of halogens is 3. The first kappa shape index (κ1) is 14.6. The van der Waals surface area contributed by atoms with Gasteiger partial charge in [-0.25, -0.2) is 0 Å². The number of hydrogen-bond acceptors (Lipinski definition) is 3. The highest BCUT2D eigenvalue weighted by atomic mass is 19.4. The van der Waals surface area contributed by atoms with E-state index in [0.29, 0.717) is 25.3 Å². The van der Waals surface area contributed by atoms with Gasteiger partial charge in [-0.3, -0.25) is 4.79 Å².